The largest absolute Gasteiger partial charge is 0.352 e. The third-order valence-corrected chi connectivity index (χ3v) is 2.93. The summed E-state index contributed by atoms with van der Waals surface area (Å²) in [5.41, 5.74) is -0.0769. The molecule has 1 amide bonds. The SMILES string of the molecule is CNCCCNC(=O)c1c(C)nc(C(C)(C)C)[nH]c1=O.Cl. The molecule has 6 nitrogen and oxygen atoms in total. The Balaban J connectivity index is 0.00000400. The first-order chi connectivity index (χ1) is 9.27. The predicted molar refractivity (Wildman–Crippen MR) is 86.4 cm³/mol. The zero-order valence-corrected chi connectivity index (χ0v) is 14.1. The average Bonchev–Trinajstić information content (AvgIpc) is 2.32. The molecule has 120 valence electrons. The molecule has 0 atom stereocenters. The Kier molecular flexibility index (Phi) is 7.60. The molecule has 0 aliphatic rings. The molecule has 1 aromatic rings. The van der Waals surface area contributed by atoms with E-state index in [-0.39, 0.29) is 34.9 Å². The Hall–Kier alpha value is -1.40. The third-order valence-electron chi connectivity index (χ3n) is 2.93. The summed E-state index contributed by atoms with van der Waals surface area (Å²) in [6, 6.07) is 0. The molecule has 21 heavy (non-hydrogen) atoms. The lowest BCUT2D eigenvalue weighted by Crippen LogP contribution is -2.34. The van der Waals surface area contributed by atoms with Gasteiger partial charge in [-0.05, 0) is 26.9 Å². The Morgan fingerprint density at radius 1 is 1.29 bits per heavy atom. The van der Waals surface area contributed by atoms with Gasteiger partial charge in [0.1, 0.15) is 11.4 Å². The first-order valence-electron chi connectivity index (χ1n) is 6.81. The van der Waals surface area contributed by atoms with Gasteiger partial charge in [-0.3, -0.25) is 9.59 Å². The summed E-state index contributed by atoms with van der Waals surface area (Å²) >= 11 is 0. The van der Waals surface area contributed by atoms with Gasteiger partial charge in [-0.2, -0.15) is 0 Å². The number of hydrogen-bond donors (Lipinski definition) is 3. The second-order valence-corrected chi connectivity index (χ2v) is 5.84. The van der Waals surface area contributed by atoms with Crippen molar-refractivity contribution in [2.45, 2.75) is 39.5 Å². The highest BCUT2D eigenvalue weighted by atomic mass is 35.5. The van der Waals surface area contributed by atoms with Crippen LogP contribution in [0.5, 0.6) is 0 Å². The van der Waals surface area contributed by atoms with Crippen LogP contribution in [0.25, 0.3) is 0 Å². The first-order valence-corrected chi connectivity index (χ1v) is 6.81. The number of rotatable bonds is 5. The van der Waals surface area contributed by atoms with Gasteiger partial charge in [0.25, 0.3) is 11.5 Å². The highest BCUT2D eigenvalue weighted by Gasteiger charge is 2.21. The van der Waals surface area contributed by atoms with E-state index in [0.717, 1.165) is 13.0 Å². The number of carbonyl (C=O) groups excluding carboxylic acids is 1. The normalized spacial score (nSPS) is 10.9. The molecule has 1 heterocycles. The zero-order valence-electron chi connectivity index (χ0n) is 13.3. The third kappa shape index (κ3) is 5.47. The quantitative estimate of drug-likeness (QED) is 0.711. The monoisotopic (exact) mass is 316 g/mol. The Labute approximate surface area is 131 Å². The van der Waals surface area contributed by atoms with Crippen molar-refractivity contribution in [2.75, 3.05) is 20.1 Å². The van der Waals surface area contributed by atoms with Gasteiger partial charge in [0.05, 0.1) is 5.69 Å². The number of nitrogens with zero attached hydrogens (tertiary/aromatic N) is 1. The second-order valence-electron chi connectivity index (χ2n) is 5.84. The Morgan fingerprint density at radius 3 is 2.38 bits per heavy atom. The van der Waals surface area contributed by atoms with Crippen molar-refractivity contribution in [1.29, 1.82) is 0 Å². The van der Waals surface area contributed by atoms with Crippen molar-refractivity contribution >= 4 is 18.3 Å². The lowest BCUT2D eigenvalue weighted by atomic mass is 9.95. The number of aromatic nitrogens is 2. The van der Waals surface area contributed by atoms with E-state index < -0.39 is 0 Å². The average molecular weight is 317 g/mol. The van der Waals surface area contributed by atoms with Crippen LogP contribution in [0, 0.1) is 6.92 Å². The number of aromatic amines is 1. The van der Waals surface area contributed by atoms with E-state index in [1.54, 1.807) is 6.92 Å². The van der Waals surface area contributed by atoms with Crippen molar-refractivity contribution < 1.29 is 4.79 Å². The summed E-state index contributed by atoms with van der Waals surface area (Å²) in [4.78, 5) is 31.1. The maximum absolute atomic E-state index is 12.1. The molecule has 0 spiro atoms. The van der Waals surface area contributed by atoms with E-state index in [0.29, 0.717) is 18.1 Å². The molecule has 0 unspecified atom stereocenters. The van der Waals surface area contributed by atoms with E-state index in [2.05, 4.69) is 20.6 Å². The zero-order chi connectivity index (χ0) is 15.3. The van der Waals surface area contributed by atoms with Gasteiger partial charge in [-0.25, -0.2) is 4.98 Å². The maximum Gasteiger partial charge on any atom is 0.264 e. The fourth-order valence-corrected chi connectivity index (χ4v) is 1.76. The summed E-state index contributed by atoms with van der Waals surface area (Å²) in [5, 5.41) is 5.73. The fourth-order valence-electron chi connectivity index (χ4n) is 1.76. The van der Waals surface area contributed by atoms with Gasteiger partial charge in [-0.15, -0.1) is 12.4 Å². The Morgan fingerprint density at radius 2 is 1.90 bits per heavy atom. The Bertz CT molecular complexity index is 535. The standard InChI is InChI=1S/C14H24N4O2.ClH/c1-9-10(11(19)16-8-6-7-15-5)12(20)18-13(17-9)14(2,3)4;/h15H,6-8H2,1-5H3,(H,16,19)(H,17,18,20);1H. The van der Waals surface area contributed by atoms with Gasteiger partial charge in [0.2, 0.25) is 0 Å². The van der Waals surface area contributed by atoms with Gasteiger partial charge in [-0.1, -0.05) is 20.8 Å². The van der Waals surface area contributed by atoms with Gasteiger partial charge >= 0.3 is 0 Å². The highest BCUT2D eigenvalue weighted by Crippen LogP contribution is 2.17. The molecule has 0 aliphatic carbocycles. The van der Waals surface area contributed by atoms with Crippen LogP contribution in [0.3, 0.4) is 0 Å². The lowest BCUT2D eigenvalue weighted by molar-refractivity contribution is 0.0950. The van der Waals surface area contributed by atoms with Crippen LogP contribution in [-0.2, 0) is 5.41 Å². The molecule has 0 saturated carbocycles. The summed E-state index contributed by atoms with van der Waals surface area (Å²) < 4.78 is 0. The summed E-state index contributed by atoms with van der Waals surface area (Å²) in [6.07, 6.45) is 0.812. The highest BCUT2D eigenvalue weighted by molar-refractivity contribution is 5.94. The van der Waals surface area contributed by atoms with E-state index in [1.165, 1.54) is 0 Å². The summed E-state index contributed by atoms with van der Waals surface area (Å²) in [6.45, 7) is 8.91. The molecular formula is C14H25ClN4O2. The van der Waals surface area contributed by atoms with Crippen molar-refractivity contribution in [1.82, 2.24) is 20.6 Å². The number of H-pyrrole nitrogens is 1. The van der Waals surface area contributed by atoms with Crippen LogP contribution in [0.2, 0.25) is 0 Å². The fraction of sp³-hybridized carbons (Fsp3) is 0.643. The van der Waals surface area contributed by atoms with Gasteiger partial charge in [0.15, 0.2) is 0 Å². The number of amides is 1. The maximum atomic E-state index is 12.1. The minimum atomic E-state index is -0.381. The number of nitrogens with one attached hydrogen (secondary N) is 3. The summed E-state index contributed by atoms with van der Waals surface area (Å²) in [7, 11) is 1.85. The minimum absolute atomic E-state index is 0. The van der Waals surface area contributed by atoms with Crippen molar-refractivity contribution in [2.24, 2.45) is 0 Å². The molecule has 0 bridgehead atoms. The number of aryl methyl sites for hydroxylation is 1. The van der Waals surface area contributed by atoms with E-state index in [9.17, 15) is 9.59 Å². The van der Waals surface area contributed by atoms with Crippen LogP contribution >= 0.6 is 12.4 Å². The molecule has 7 heteroatoms. The molecule has 0 saturated heterocycles. The molecule has 0 aromatic carbocycles. The van der Waals surface area contributed by atoms with Crippen LogP contribution in [-0.4, -0.2) is 36.0 Å². The van der Waals surface area contributed by atoms with E-state index in [1.807, 2.05) is 27.8 Å². The second kappa shape index (κ2) is 8.14. The van der Waals surface area contributed by atoms with E-state index in [4.69, 9.17) is 0 Å². The van der Waals surface area contributed by atoms with Crippen LogP contribution in [0.15, 0.2) is 4.79 Å². The molecule has 3 N–H and O–H groups in total. The van der Waals surface area contributed by atoms with Gasteiger partial charge < -0.3 is 15.6 Å². The molecular weight excluding hydrogens is 292 g/mol. The molecule has 1 rings (SSSR count). The smallest absolute Gasteiger partial charge is 0.264 e. The molecule has 0 fully saturated rings. The van der Waals surface area contributed by atoms with Crippen molar-refractivity contribution in [3.8, 4) is 0 Å². The lowest BCUT2D eigenvalue weighted by Gasteiger charge is -2.18. The number of carbonyl (C=O) groups is 1. The number of hydrogen-bond acceptors (Lipinski definition) is 4. The van der Waals surface area contributed by atoms with Crippen LogP contribution < -0.4 is 16.2 Å². The van der Waals surface area contributed by atoms with Gasteiger partial charge in [0, 0.05) is 12.0 Å². The van der Waals surface area contributed by atoms with Crippen LogP contribution in [0.1, 0.15) is 49.1 Å². The molecule has 0 aliphatic heterocycles. The topological polar surface area (TPSA) is 86.9 Å². The van der Waals surface area contributed by atoms with Crippen molar-refractivity contribution in [3.63, 3.8) is 0 Å². The number of halogens is 1. The molecule has 1 aromatic heterocycles. The summed E-state index contributed by atoms with van der Waals surface area (Å²) in [5.74, 6) is 0.222. The predicted octanol–water partition coefficient (Wildman–Crippen LogP) is 1.14. The van der Waals surface area contributed by atoms with Crippen LogP contribution in [0.4, 0.5) is 0 Å². The van der Waals surface area contributed by atoms with Crippen molar-refractivity contribution in [3.05, 3.63) is 27.4 Å². The minimum Gasteiger partial charge on any atom is -0.352 e. The van der Waals surface area contributed by atoms with E-state index >= 15 is 0 Å². The first kappa shape index (κ1) is 19.6. The molecule has 0 radical (unpaired) electrons.